The number of cyclic esters (lactones) is 1. The van der Waals surface area contributed by atoms with Crippen LogP contribution >= 0.6 is 11.3 Å². The summed E-state index contributed by atoms with van der Waals surface area (Å²) < 4.78 is 10.3. The molecule has 180 valence electrons. The van der Waals surface area contributed by atoms with Crippen molar-refractivity contribution in [1.82, 2.24) is 15.1 Å². The minimum absolute atomic E-state index is 0.00170. The molecule has 0 bridgehead atoms. The second-order valence-electron chi connectivity index (χ2n) is 8.12. The van der Waals surface area contributed by atoms with Gasteiger partial charge in [0.2, 0.25) is 0 Å². The largest absolute Gasteiger partial charge is 0.468 e. The van der Waals surface area contributed by atoms with Crippen LogP contribution in [0.1, 0.15) is 15.2 Å². The second kappa shape index (κ2) is 10.8. The number of amidine groups is 1. The summed E-state index contributed by atoms with van der Waals surface area (Å²) in [7, 11) is 1.39. The van der Waals surface area contributed by atoms with Crippen LogP contribution in [0.25, 0.3) is 0 Å². The lowest BCUT2D eigenvalue weighted by atomic mass is 10.1. The van der Waals surface area contributed by atoms with E-state index in [9.17, 15) is 14.4 Å². The molecule has 2 amide bonds. The van der Waals surface area contributed by atoms with Crippen molar-refractivity contribution in [2.24, 2.45) is 0 Å². The molecule has 1 atom stereocenters. The maximum atomic E-state index is 12.5. The van der Waals surface area contributed by atoms with Crippen molar-refractivity contribution in [3.8, 4) is 0 Å². The fraction of sp³-hybridized carbons (Fsp3) is 0.391. The Morgan fingerprint density at radius 2 is 1.85 bits per heavy atom. The van der Waals surface area contributed by atoms with Crippen molar-refractivity contribution < 1.29 is 23.9 Å². The van der Waals surface area contributed by atoms with Gasteiger partial charge >= 0.3 is 12.1 Å². The van der Waals surface area contributed by atoms with Crippen molar-refractivity contribution in [3.05, 3.63) is 52.2 Å². The van der Waals surface area contributed by atoms with E-state index in [-0.39, 0.29) is 23.8 Å². The first-order chi connectivity index (χ1) is 16.4. The first-order valence-electron chi connectivity index (χ1n) is 11.0. The minimum atomic E-state index is -0.400. The Hall–Kier alpha value is -3.28. The van der Waals surface area contributed by atoms with Gasteiger partial charge < -0.3 is 14.8 Å². The first-order valence-corrected chi connectivity index (χ1v) is 11.8. The lowest BCUT2D eigenvalue weighted by molar-refractivity contribution is -0.142. The van der Waals surface area contributed by atoms with E-state index in [1.54, 1.807) is 46.7 Å². The smallest absolute Gasteiger partial charge is 0.414 e. The van der Waals surface area contributed by atoms with Crippen LogP contribution in [0, 0.1) is 5.41 Å². The maximum absolute atomic E-state index is 12.5. The van der Waals surface area contributed by atoms with Gasteiger partial charge in [0.05, 0.1) is 25.1 Å². The van der Waals surface area contributed by atoms with Crippen LogP contribution in [0.5, 0.6) is 0 Å². The highest BCUT2D eigenvalue weighted by atomic mass is 32.1. The van der Waals surface area contributed by atoms with Crippen molar-refractivity contribution in [1.29, 1.82) is 5.41 Å². The molecule has 1 aromatic heterocycles. The number of nitrogens with one attached hydrogen (secondary N) is 2. The van der Waals surface area contributed by atoms with Crippen molar-refractivity contribution in [2.75, 3.05) is 57.8 Å². The number of anilines is 1. The van der Waals surface area contributed by atoms with Crippen LogP contribution in [0.3, 0.4) is 0 Å². The molecule has 0 spiro atoms. The molecule has 2 aliphatic rings. The van der Waals surface area contributed by atoms with Crippen LogP contribution < -0.4 is 10.2 Å². The Labute approximate surface area is 201 Å². The fourth-order valence-electron chi connectivity index (χ4n) is 3.96. The number of ether oxygens (including phenoxy) is 2. The van der Waals surface area contributed by atoms with Gasteiger partial charge in [-0.05, 0) is 35.7 Å². The normalized spacial score (nSPS) is 19.0. The van der Waals surface area contributed by atoms with Gasteiger partial charge in [0.1, 0.15) is 11.9 Å². The maximum Gasteiger partial charge on any atom is 0.414 e. The molecule has 34 heavy (non-hydrogen) atoms. The summed E-state index contributed by atoms with van der Waals surface area (Å²) in [6, 6.07) is 10.4. The van der Waals surface area contributed by atoms with Crippen molar-refractivity contribution >= 4 is 40.8 Å². The molecule has 2 fully saturated rings. The lowest BCUT2D eigenvalue weighted by Crippen LogP contribution is -2.50. The van der Waals surface area contributed by atoms with Crippen molar-refractivity contribution in [2.45, 2.75) is 6.10 Å². The number of thiophene rings is 1. The predicted octanol–water partition coefficient (Wildman–Crippen LogP) is 1.62. The number of hydrogen-bond acceptors (Lipinski definition) is 9. The van der Waals surface area contributed by atoms with E-state index in [0.29, 0.717) is 35.8 Å². The average molecular weight is 486 g/mol. The average Bonchev–Trinajstić information content (AvgIpc) is 3.50. The van der Waals surface area contributed by atoms with Gasteiger partial charge in [0.25, 0.3) is 5.91 Å². The van der Waals surface area contributed by atoms with Crippen LogP contribution in [0.4, 0.5) is 10.5 Å². The molecule has 2 N–H and O–H groups in total. The summed E-state index contributed by atoms with van der Waals surface area (Å²) in [6.45, 7) is 4.46. The molecule has 1 aromatic carbocycles. The zero-order chi connectivity index (χ0) is 24.1. The van der Waals surface area contributed by atoms with Crippen LogP contribution in [0.2, 0.25) is 0 Å². The fourth-order valence-corrected chi connectivity index (χ4v) is 4.57. The molecule has 11 heteroatoms. The molecule has 0 radical (unpaired) electrons. The van der Waals surface area contributed by atoms with E-state index in [4.69, 9.17) is 14.9 Å². The van der Waals surface area contributed by atoms with Crippen LogP contribution in [-0.4, -0.2) is 92.6 Å². The number of carbonyl (C=O) groups excluding carboxylic acids is 3. The van der Waals surface area contributed by atoms with Gasteiger partial charge in [-0.1, -0.05) is 6.07 Å². The lowest BCUT2D eigenvalue weighted by Gasteiger charge is -2.34. The molecule has 0 saturated carbocycles. The molecular formula is C23H27N5O5S. The number of benzene rings is 1. The Bertz CT molecular complexity index is 1030. The third-order valence-corrected chi connectivity index (χ3v) is 6.70. The zero-order valence-corrected chi connectivity index (χ0v) is 19.7. The van der Waals surface area contributed by atoms with E-state index in [2.05, 4.69) is 15.1 Å². The molecule has 2 aromatic rings. The Kier molecular flexibility index (Phi) is 7.56. The standard InChI is InChI=1S/C23H27N5O5S/c1-32-20(29)15-27-10-8-26(9-11-27)13-18-14-28(23(31)33-18)17-6-4-16(5-7-17)21(24)25-22(30)19-3-2-12-34-19/h2-7,12,18H,8-11,13-15H2,1H3,(H2,24,25,30). The van der Waals surface area contributed by atoms with Gasteiger partial charge in [-0.2, -0.15) is 0 Å². The highest BCUT2D eigenvalue weighted by Gasteiger charge is 2.34. The number of methoxy groups -OCH3 is 1. The highest BCUT2D eigenvalue weighted by molar-refractivity contribution is 7.12. The van der Waals surface area contributed by atoms with E-state index >= 15 is 0 Å². The topological polar surface area (TPSA) is 115 Å². The van der Waals surface area contributed by atoms with Gasteiger partial charge in [-0.25, -0.2) is 4.79 Å². The molecule has 3 heterocycles. The minimum Gasteiger partial charge on any atom is -0.468 e. The van der Waals surface area contributed by atoms with E-state index < -0.39 is 6.09 Å². The molecule has 0 aliphatic carbocycles. The Morgan fingerprint density at radius 1 is 1.15 bits per heavy atom. The Balaban J connectivity index is 1.27. The summed E-state index contributed by atoms with van der Waals surface area (Å²) in [5.74, 6) is -0.556. The van der Waals surface area contributed by atoms with E-state index in [0.717, 1.165) is 26.2 Å². The summed E-state index contributed by atoms with van der Waals surface area (Å²) >= 11 is 1.31. The molecular weight excluding hydrogens is 458 g/mol. The van der Waals surface area contributed by atoms with Crippen molar-refractivity contribution in [3.63, 3.8) is 0 Å². The summed E-state index contributed by atoms with van der Waals surface area (Å²) in [5, 5.41) is 12.5. The van der Waals surface area contributed by atoms with Crippen LogP contribution in [-0.2, 0) is 14.3 Å². The van der Waals surface area contributed by atoms with Gasteiger partial charge in [0, 0.05) is 44.0 Å². The zero-order valence-electron chi connectivity index (χ0n) is 18.9. The number of carbonyl (C=O) groups is 3. The van der Waals surface area contributed by atoms with E-state index in [1.165, 1.54) is 18.4 Å². The molecule has 2 aliphatic heterocycles. The third kappa shape index (κ3) is 5.79. The van der Waals surface area contributed by atoms with Crippen LogP contribution in [0.15, 0.2) is 41.8 Å². The number of nitrogens with zero attached hydrogens (tertiary/aromatic N) is 3. The monoisotopic (exact) mass is 485 g/mol. The number of piperazine rings is 1. The predicted molar refractivity (Wildman–Crippen MR) is 128 cm³/mol. The number of esters is 1. The quantitative estimate of drug-likeness (QED) is 0.348. The number of hydrogen-bond donors (Lipinski definition) is 2. The SMILES string of the molecule is COC(=O)CN1CCN(CC2CN(c3ccc(C(=N)NC(=O)c4cccs4)cc3)C(=O)O2)CC1. The summed E-state index contributed by atoms with van der Waals surface area (Å²) in [6.07, 6.45) is -0.647. The molecule has 10 nitrogen and oxygen atoms in total. The molecule has 2 saturated heterocycles. The molecule has 4 rings (SSSR count). The summed E-state index contributed by atoms with van der Waals surface area (Å²) in [5.41, 5.74) is 1.22. The number of rotatable bonds is 7. The van der Waals surface area contributed by atoms with E-state index in [1.807, 2.05) is 0 Å². The van der Waals surface area contributed by atoms with Gasteiger partial charge in [0.15, 0.2) is 0 Å². The second-order valence-corrected chi connectivity index (χ2v) is 9.07. The summed E-state index contributed by atoms with van der Waals surface area (Å²) in [4.78, 5) is 42.4. The third-order valence-electron chi connectivity index (χ3n) is 5.83. The Morgan fingerprint density at radius 3 is 2.50 bits per heavy atom. The highest BCUT2D eigenvalue weighted by Crippen LogP contribution is 2.23. The van der Waals surface area contributed by atoms with Gasteiger partial charge in [-0.15, -0.1) is 11.3 Å². The first kappa shape index (κ1) is 23.9. The molecule has 1 unspecified atom stereocenters. The number of amides is 2. The van der Waals surface area contributed by atoms with Gasteiger partial charge in [-0.3, -0.25) is 29.7 Å².